The zero-order valence-corrected chi connectivity index (χ0v) is 13.6. The largest absolute Gasteiger partial charge is 0.381 e. The number of hydrogen-bond donors (Lipinski definition) is 1. The second kappa shape index (κ2) is 6.95. The first-order valence-electron chi connectivity index (χ1n) is 8.79. The molecule has 0 aliphatic carbocycles. The third-order valence-corrected chi connectivity index (χ3v) is 5.26. The van der Waals surface area contributed by atoms with Crippen LogP contribution in [0.15, 0.2) is 36.5 Å². The predicted molar refractivity (Wildman–Crippen MR) is 92.5 cm³/mol. The van der Waals surface area contributed by atoms with Crippen molar-refractivity contribution < 1.29 is 4.74 Å². The van der Waals surface area contributed by atoms with Gasteiger partial charge in [0.25, 0.3) is 0 Å². The van der Waals surface area contributed by atoms with Crippen molar-refractivity contribution in [1.29, 1.82) is 0 Å². The van der Waals surface area contributed by atoms with E-state index in [-0.39, 0.29) is 0 Å². The van der Waals surface area contributed by atoms with Gasteiger partial charge in [-0.25, -0.2) is 0 Å². The van der Waals surface area contributed by atoms with Crippen LogP contribution in [0.2, 0.25) is 0 Å². The molecule has 4 heteroatoms. The minimum absolute atomic E-state index is 0.480. The maximum Gasteiger partial charge on any atom is 0.0705 e. The number of aromatic nitrogens is 1. The van der Waals surface area contributed by atoms with Gasteiger partial charge in [0.05, 0.1) is 5.52 Å². The number of rotatable bonds is 3. The van der Waals surface area contributed by atoms with Gasteiger partial charge in [-0.15, -0.1) is 0 Å². The first kappa shape index (κ1) is 15.1. The zero-order chi connectivity index (χ0) is 15.5. The molecule has 1 atom stereocenters. The summed E-state index contributed by atoms with van der Waals surface area (Å²) in [5.74, 6) is 0.674. The molecule has 0 bridgehead atoms. The molecule has 0 saturated carbocycles. The molecule has 0 unspecified atom stereocenters. The SMILES string of the molecule is c1ccc2c([C@H](C3CCOCC3)N3CCNCC3)ccnc2c1. The summed E-state index contributed by atoms with van der Waals surface area (Å²) in [7, 11) is 0. The monoisotopic (exact) mass is 311 g/mol. The Bertz CT molecular complexity index is 625. The van der Waals surface area contributed by atoms with Crippen LogP contribution in [-0.4, -0.2) is 49.3 Å². The smallest absolute Gasteiger partial charge is 0.0705 e. The van der Waals surface area contributed by atoms with Crippen LogP contribution in [0.3, 0.4) is 0 Å². The number of fused-ring (bicyclic) bond motifs is 1. The quantitative estimate of drug-likeness (QED) is 0.945. The van der Waals surface area contributed by atoms with Crippen LogP contribution in [0.25, 0.3) is 10.9 Å². The van der Waals surface area contributed by atoms with Crippen molar-refractivity contribution >= 4 is 10.9 Å². The van der Waals surface area contributed by atoms with Crippen LogP contribution in [0.4, 0.5) is 0 Å². The lowest BCUT2D eigenvalue weighted by atomic mass is 9.84. The Balaban J connectivity index is 1.76. The van der Waals surface area contributed by atoms with Crippen LogP contribution in [0, 0.1) is 5.92 Å². The standard InChI is InChI=1S/C19H25N3O/c1-2-4-18-16(3-1)17(5-8-21-18)19(15-6-13-23-14-7-15)22-11-9-20-10-12-22/h1-5,8,15,19-20H,6-7,9-14H2/t19-/m0/s1. The Labute approximate surface area is 137 Å². The van der Waals surface area contributed by atoms with Gasteiger partial charge in [-0.2, -0.15) is 0 Å². The summed E-state index contributed by atoms with van der Waals surface area (Å²) < 4.78 is 5.62. The van der Waals surface area contributed by atoms with Crippen molar-refractivity contribution in [1.82, 2.24) is 15.2 Å². The number of pyridine rings is 1. The number of para-hydroxylation sites is 1. The molecule has 122 valence electrons. The van der Waals surface area contributed by atoms with Gasteiger partial charge in [-0.05, 0) is 36.5 Å². The van der Waals surface area contributed by atoms with E-state index >= 15 is 0 Å². The molecule has 0 amide bonds. The van der Waals surface area contributed by atoms with Gasteiger partial charge in [0.1, 0.15) is 0 Å². The van der Waals surface area contributed by atoms with Crippen molar-refractivity contribution in [3.63, 3.8) is 0 Å². The number of nitrogens with one attached hydrogen (secondary N) is 1. The van der Waals surface area contributed by atoms with E-state index < -0.39 is 0 Å². The van der Waals surface area contributed by atoms with E-state index in [0.717, 1.165) is 57.8 Å². The van der Waals surface area contributed by atoms with Crippen molar-refractivity contribution in [2.24, 2.45) is 5.92 Å². The fourth-order valence-corrected chi connectivity index (χ4v) is 4.12. The molecule has 1 N–H and O–H groups in total. The highest BCUT2D eigenvalue weighted by Gasteiger charge is 2.32. The number of ether oxygens (including phenoxy) is 1. The summed E-state index contributed by atoms with van der Waals surface area (Å²) in [6.45, 7) is 6.22. The van der Waals surface area contributed by atoms with Crippen LogP contribution >= 0.6 is 0 Å². The lowest BCUT2D eigenvalue weighted by Crippen LogP contribution is -2.47. The van der Waals surface area contributed by atoms with E-state index in [9.17, 15) is 0 Å². The van der Waals surface area contributed by atoms with E-state index in [4.69, 9.17) is 4.74 Å². The van der Waals surface area contributed by atoms with E-state index in [0.29, 0.717) is 12.0 Å². The lowest BCUT2D eigenvalue weighted by molar-refractivity contribution is 0.0217. The molecule has 2 aliphatic rings. The Kier molecular flexibility index (Phi) is 4.55. The molecule has 3 heterocycles. The first-order valence-corrected chi connectivity index (χ1v) is 8.79. The maximum atomic E-state index is 5.62. The molecule has 1 aromatic carbocycles. The molecule has 2 saturated heterocycles. The number of hydrogen-bond acceptors (Lipinski definition) is 4. The van der Waals surface area contributed by atoms with Gasteiger partial charge in [0.2, 0.25) is 0 Å². The molecular weight excluding hydrogens is 286 g/mol. The topological polar surface area (TPSA) is 37.4 Å². The summed E-state index contributed by atoms with van der Waals surface area (Å²) in [5.41, 5.74) is 2.56. The number of benzene rings is 1. The maximum absolute atomic E-state index is 5.62. The summed E-state index contributed by atoms with van der Waals surface area (Å²) >= 11 is 0. The van der Waals surface area contributed by atoms with Crippen LogP contribution in [0.5, 0.6) is 0 Å². The van der Waals surface area contributed by atoms with Gasteiger partial charge < -0.3 is 10.1 Å². The van der Waals surface area contributed by atoms with Gasteiger partial charge >= 0.3 is 0 Å². The van der Waals surface area contributed by atoms with Crippen molar-refractivity contribution in [2.75, 3.05) is 39.4 Å². The summed E-state index contributed by atoms with van der Waals surface area (Å²) in [6.07, 6.45) is 4.29. The van der Waals surface area contributed by atoms with E-state index in [2.05, 4.69) is 45.5 Å². The molecule has 23 heavy (non-hydrogen) atoms. The van der Waals surface area contributed by atoms with Crippen molar-refractivity contribution in [3.8, 4) is 0 Å². The highest BCUT2D eigenvalue weighted by Crippen LogP contribution is 2.37. The Hall–Kier alpha value is -1.49. The van der Waals surface area contributed by atoms with Gasteiger partial charge in [-0.1, -0.05) is 18.2 Å². The molecule has 4 nitrogen and oxygen atoms in total. The van der Waals surface area contributed by atoms with Gasteiger partial charge in [-0.3, -0.25) is 9.88 Å². The second-order valence-corrected chi connectivity index (χ2v) is 6.60. The minimum atomic E-state index is 0.480. The highest BCUT2D eigenvalue weighted by molar-refractivity contribution is 5.82. The fraction of sp³-hybridized carbons (Fsp3) is 0.526. The molecule has 1 aromatic heterocycles. The Morgan fingerprint density at radius 2 is 1.87 bits per heavy atom. The molecule has 2 aliphatic heterocycles. The second-order valence-electron chi connectivity index (χ2n) is 6.60. The van der Waals surface area contributed by atoms with Crippen LogP contribution in [0.1, 0.15) is 24.4 Å². The molecule has 2 fully saturated rings. The van der Waals surface area contributed by atoms with E-state index in [1.165, 1.54) is 10.9 Å². The lowest BCUT2D eigenvalue weighted by Gasteiger charge is -2.41. The minimum Gasteiger partial charge on any atom is -0.381 e. The third-order valence-electron chi connectivity index (χ3n) is 5.26. The third kappa shape index (κ3) is 3.11. The van der Waals surface area contributed by atoms with E-state index in [1.807, 2.05) is 6.20 Å². The van der Waals surface area contributed by atoms with Crippen LogP contribution in [-0.2, 0) is 4.74 Å². The average molecular weight is 311 g/mol. The molecule has 0 spiro atoms. The van der Waals surface area contributed by atoms with Crippen molar-refractivity contribution in [3.05, 3.63) is 42.1 Å². The fourth-order valence-electron chi connectivity index (χ4n) is 4.12. The molecule has 0 radical (unpaired) electrons. The van der Waals surface area contributed by atoms with Crippen molar-refractivity contribution in [2.45, 2.75) is 18.9 Å². The first-order chi connectivity index (χ1) is 11.4. The molecule has 2 aromatic rings. The number of nitrogens with zero attached hydrogens (tertiary/aromatic N) is 2. The van der Waals surface area contributed by atoms with E-state index in [1.54, 1.807) is 0 Å². The summed E-state index contributed by atoms with van der Waals surface area (Å²) in [4.78, 5) is 7.23. The molecular formula is C19H25N3O. The Morgan fingerprint density at radius 1 is 1.09 bits per heavy atom. The summed E-state index contributed by atoms with van der Waals surface area (Å²) in [6, 6.07) is 11.3. The average Bonchev–Trinajstić information content (AvgIpc) is 2.64. The van der Waals surface area contributed by atoms with Gasteiger partial charge in [0.15, 0.2) is 0 Å². The normalized spacial score (nSPS) is 22.3. The summed E-state index contributed by atoms with van der Waals surface area (Å²) in [5, 5.41) is 4.79. The number of piperazine rings is 1. The highest BCUT2D eigenvalue weighted by atomic mass is 16.5. The predicted octanol–water partition coefficient (Wildman–Crippen LogP) is 2.61. The van der Waals surface area contributed by atoms with Gasteiger partial charge in [0, 0.05) is 57.0 Å². The zero-order valence-electron chi connectivity index (χ0n) is 13.6. The van der Waals surface area contributed by atoms with Crippen LogP contribution < -0.4 is 5.32 Å². The molecule has 4 rings (SSSR count). The Morgan fingerprint density at radius 3 is 2.70 bits per heavy atom.